The molecule has 2 rings (SSSR count). The molecule has 9 heteroatoms. The minimum Gasteiger partial charge on any atom is -0.479 e. The number of halogens is 1. The summed E-state index contributed by atoms with van der Waals surface area (Å²) in [5.74, 6) is -0.385. The second-order valence-corrected chi connectivity index (χ2v) is 11.2. The van der Waals surface area contributed by atoms with E-state index in [0.29, 0.717) is 24.3 Å². The van der Waals surface area contributed by atoms with Crippen LogP contribution in [0.1, 0.15) is 45.9 Å². The molecule has 0 saturated heterocycles. The first-order chi connectivity index (χ1) is 14.9. The maximum Gasteiger partial charge on any atom is 0.322 e. The van der Waals surface area contributed by atoms with E-state index in [4.69, 9.17) is 20.9 Å². The summed E-state index contributed by atoms with van der Waals surface area (Å²) in [6.07, 6.45) is 3.74. The number of nitrogens with zero attached hydrogens (tertiary/aromatic N) is 1. The van der Waals surface area contributed by atoms with Crippen molar-refractivity contribution in [2.75, 3.05) is 6.61 Å². The maximum atomic E-state index is 13.0. The molecule has 32 heavy (non-hydrogen) atoms. The Labute approximate surface area is 196 Å². The molecule has 0 aliphatic carbocycles. The van der Waals surface area contributed by atoms with Crippen LogP contribution >= 0.6 is 23.1 Å². The topological polar surface area (TPSA) is 100 Å². The third kappa shape index (κ3) is 8.55. The van der Waals surface area contributed by atoms with Gasteiger partial charge in [-0.25, -0.2) is 9.37 Å². The normalized spacial score (nSPS) is 13.2. The standard InChI is InChI=1S/C23H30FN3O3S2/c1-22(2,3)30-20(28)23(4,5)32-21-27-17(14-31-21)12-13-29-19(26)11-10-18(25)15-6-8-16(24)9-7-15/h6-11,14H,12-13,25-26H2,1-5H3/b18-10-,19-11+. The number of nitrogens with two attached hydrogens (primary N) is 2. The molecule has 174 valence electrons. The van der Waals surface area contributed by atoms with E-state index in [1.54, 1.807) is 24.3 Å². The summed E-state index contributed by atoms with van der Waals surface area (Å²) in [6.45, 7) is 9.54. The second kappa shape index (κ2) is 10.9. The number of carbonyl (C=O) groups excluding carboxylic acids is 1. The lowest BCUT2D eigenvalue weighted by atomic mass is 10.1. The van der Waals surface area contributed by atoms with Crippen molar-refractivity contribution in [2.45, 2.75) is 55.7 Å². The Morgan fingerprint density at radius 1 is 1.16 bits per heavy atom. The van der Waals surface area contributed by atoms with Crippen molar-refractivity contribution in [1.82, 2.24) is 4.98 Å². The van der Waals surface area contributed by atoms with E-state index in [0.717, 1.165) is 10.0 Å². The number of hydrogen-bond donors (Lipinski definition) is 2. The molecule has 6 nitrogen and oxygen atoms in total. The van der Waals surface area contributed by atoms with Crippen LogP contribution in [0.5, 0.6) is 0 Å². The van der Waals surface area contributed by atoms with Gasteiger partial charge >= 0.3 is 5.97 Å². The van der Waals surface area contributed by atoms with Crippen molar-refractivity contribution >= 4 is 34.8 Å². The van der Waals surface area contributed by atoms with Crippen LogP contribution in [0.25, 0.3) is 5.70 Å². The molecule has 0 saturated carbocycles. The Morgan fingerprint density at radius 2 is 1.81 bits per heavy atom. The molecule has 4 N–H and O–H groups in total. The number of thioether (sulfide) groups is 1. The predicted molar refractivity (Wildman–Crippen MR) is 128 cm³/mol. The molecule has 0 aliphatic heterocycles. The van der Waals surface area contributed by atoms with E-state index < -0.39 is 10.3 Å². The van der Waals surface area contributed by atoms with Crippen LogP contribution in [0.2, 0.25) is 0 Å². The molecule has 1 aromatic heterocycles. The highest BCUT2D eigenvalue weighted by molar-refractivity contribution is 8.03. The Kier molecular flexibility index (Phi) is 8.74. The quantitative estimate of drug-likeness (QED) is 0.229. The molecular formula is C23H30FN3O3S2. The van der Waals surface area contributed by atoms with Crippen LogP contribution in [0, 0.1) is 5.82 Å². The van der Waals surface area contributed by atoms with Crippen molar-refractivity contribution < 1.29 is 18.7 Å². The maximum absolute atomic E-state index is 13.0. The number of rotatable bonds is 9. The smallest absolute Gasteiger partial charge is 0.322 e. The van der Waals surface area contributed by atoms with Gasteiger partial charge in [-0.2, -0.15) is 0 Å². The van der Waals surface area contributed by atoms with Gasteiger partial charge in [0.25, 0.3) is 0 Å². The lowest BCUT2D eigenvalue weighted by Gasteiger charge is -2.27. The van der Waals surface area contributed by atoms with Gasteiger partial charge in [-0.15, -0.1) is 11.3 Å². The van der Waals surface area contributed by atoms with Gasteiger partial charge in [0.15, 0.2) is 10.2 Å². The first kappa shape index (κ1) is 25.7. The van der Waals surface area contributed by atoms with Gasteiger partial charge in [-0.1, -0.05) is 23.9 Å². The molecular weight excluding hydrogens is 449 g/mol. The minimum absolute atomic E-state index is 0.214. The number of benzene rings is 1. The van der Waals surface area contributed by atoms with Crippen LogP contribution in [0.4, 0.5) is 4.39 Å². The molecule has 0 radical (unpaired) electrons. The zero-order valence-corrected chi connectivity index (χ0v) is 20.6. The van der Waals surface area contributed by atoms with Gasteiger partial charge in [0.05, 0.1) is 12.3 Å². The number of esters is 1. The van der Waals surface area contributed by atoms with E-state index >= 15 is 0 Å². The number of hydrogen-bond acceptors (Lipinski definition) is 8. The van der Waals surface area contributed by atoms with Crippen LogP contribution in [-0.4, -0.2) is 27.9 Å². The van der Waals surface area contributed by atoms with Crippen molar-refractivity contribution in [3.8, 4) is 0 Å². The van der Waals surface area contributed by atoms with Gasteiger partial charge in [0, 0.05) is 17.5 Å². The zero-order valence-electron chi connectivity index (χ0n) is 19.0. The fourth-order valence-corrected chi connectivity index (χ4v) is 4.61. The molecule has 0 fully saturated rings. The molecule has 0 bridgehead atoms. The number of carbonyl (C=O) groups is 1. The van der Waals surface area contributed by atoms with Gasteiger partial charge in [0.1, 0.15) is 16.2 Å². The number of allylic oxidation sites excluding steroid dienone is 2. The number of aromatic nitrogens is 1. The molecule has 2 aromatic rings. The monoisotopic (exact) mass is 479 g/mol. The van der Waals surface area contributed by atoms with Crippen molar-refractivity contribution in [3.05, 3.63) is 64.8 Å². The highest BCUT2D eigenvalue weighted by atomic mass is 32.2. The SMILES string of the molecule is CC(C)(C)OC(=O)C(C)(C)Sc1nc(CCO/C(N)=C/C=C(\N)c2ccc(F)cc2)cs1. The summed E-state index contributed by atoms with van der Waals surface area (Å²) >= 11 is 2.85. The van der Waals surface area contributed by atoms with Crippen LogP contribution < -0.4 is 11.5 Å². The van der Waals surface area contributed by atoms with E-state index in [2.05, 4.69) is 4.98 Å². The summed E-state index contributed by atoms with van der Waals surface area (Å²) in [4.78, 5) is 17.0. The largest absolute Gasteiger partial charge is 0.479 e. The van der Waals surface area contributed by atoms with Crippen LogP contribution in [0.15, 0.2) is 52.0 Å². The van der Waals surface area contributed by atoms with E-state index in [-0.39, 0.29) is 17.7 Å². The Morgan fingerprint density at radius 3 is 2.44 bits per heavy atom. The molecule has 0 unspecified atom stereocenters. The summed E-state index contributed by atoms with van der Waals surface area (Å²) in [7, 11) is 0. The lowest BCUT2D eigenvalue weighted by Crippen LogP contribution is -2.36. The zero-order chi connectivity index (χ0) is 23.9. The molecule has 1 heterocycles. The fraction of sp³-hybridized carbons (Fsp3) is 0.391. The Hall–Kier alpha value is -2.52. The predicted octanol–water partition coefficient (Wildman–Crippen LogP) is 4.85. The third-order valence-corrected chi connectivity index (χ3v) is 6.16. The fourth-order valence-electron chi connectivity index (χ4n) is 2.34. The van der Waals surface area contributed by atoms with Crippen LogP contribution in [0.3, 0.4) is 0 Å². The summed E-state index contributed by atoms with van der Waals surface area (Å²) in [5, 5.41) is 1.93. The van der Waals surface area contributed by atoms with E-state index in [1.165, 1.54) is 35.2 Å². The first-order valence-corrected chi connectivity index (χ1v) is 11.7. The highest BCUT2D eigenvalue weighted by Crippen LogP contribution is 2.36. The van der Waals surface area contributed by atoms with E-state index in [1.807, 2.05) is 40.0 Å². The minimum atomic E-state index is -0.747. The lowest BCUT2D eigenvalue weighted by molar-refractivity contribution is -0.156. The summed E-state index contributed by atoms with van der Waals surface area (Å²) in [6, 6.07) is 5.87. The molecule has 0 amide bonds. The van der Waals surface area contributed by atoms with Gasteiger partial charge in [-0.3, -0.25) is 4.79 Å². The molecule has 0 spiro atoms. The second-order valence-electron chi connectivity index (χ2n) is 8.52. The van der Waals surface area contributed by atoms with Gasteiger partial charge in [0.2, 0.25) is 0 Å². The molecule has 0 aliphatic rings. The van der Waals surface area contributed by atoms with Crippen LogP contribution in [-0.2, 0) is 20.7 Å². The highest BCUT2D eigenvalue weighted by Gasteiger charge is 2.34. The average Bonchev–Trinajstić information content (AvgIpc) is 3.11. The number of thiazole rings is 1. The number of ether oxygens (including phenoxy) is 2. The third-order valence-electron chi connectivity index (χ3n) is 4.00. The molecule has 1 aromatic carbocycles. The Bertz CT molecular complexity index is 977. The Balaban J connectivity index is 1.85. The van der Waals surface area contributed by atoms with Crippen molar-refractivity contribution in [1.29, 1.82) is 0 Å². The van der Waals surface area contributed by atoms with Crippen molar-refractivity contribution in [2.24, 2.45) is 11.5 Å². The summed E-state index contributed by atoms with van der Waals surface area (Å²) < 4.78 is 24.0. The summed E-state index contributed by atoms with van der Waals surface area (Å²) in [5.41, 5.74) is 13.3. The average molecular weight is 480 g/mol. The van der Waals surface area contributed by atoms with E-state index in [9.17, 15) is 9.18 Å². The van der Waals surface area contributed by atoms with Crippen molar-refractivity contribution in [3.63, 3.8) is 0 Å². The van der Waals surface area contributed by atoms with Gasteiger partial charge in [-0.05, 0) is 64.5 Å². The van der Waals surface area contributed by atoms with Gasteiger partial charge < -0.3 is 20.9 Å². The molecule has 0 atom stereocenters. The first-order valence-electron chi connectivity index (χ1n) is 10.0.